The number of likely N-dealkylation sites (tertiary alicyclic amines) is 1. The van der Waals surface area contributed by atoms with Gasteiger partial charge in [-0.15, -0.1) is 0 Å². The van der Waals surface area contributed by atoms with Gasteiger partial charge in [0, 0.05) is 6.07 Å². The van der Waals surface area contributed by atoms with E-state index in [9.17, 15) is 0 Å². The zero-order valence-electron chi connectivity index (χ0n) is 12.2. The van der Waals surface area contributed by atoms with Gasteiger partial charge < -0.3 is 10.1 Å². The SMILES string of the molecule is CCNCC1CCCN(C)C1c1cccc(OC)n1. The Balaban J connectivity index is 2.19. The predicted octanol–water partition coefficient (Wildman–Crippen LogP) is 2.08. The third-order valence-corrected chi connectivity index (χ3v) is 3.92. The maximum Gasteiger partial charge on any atom is 0.213 e. The predicted molar refractivity (Wildman–Crippen MR) is 77.4 cm³/mol. The van der Waals surface area contributed by atoms with Gasteiger partial charge in [0.15, 0.2) is 0 Å². The molecule has 1 N–H and O–H groups in total. The molecule has 0 amide bonds. The Morgan fingerprint density at radius 3 is 3.05 bits per heavy atom. The third kappa shape index (κ3) is 3.45. The second kappa shape index (κ2) is 6.87. The Bertz CT molecular complexity index is 397. The summed E-state index contributed by atoms with van der Waals surface area (Å²) in [6.45, 7) is 5.39. The number of hydrogen-bond acceptors (Lipinski definition) is 4. The summed E-state index contributed by atoms with van der Waals surface area (Å²) >= 11 is 0. The van der Waals surface area contributed by atoms with Gasteiger partial charge in [0.05, 0.1) is 18.8 Å². The van der Waals surface area contributed by atoms with Crippen LogP contribution in [0.15, 0.2) is 18.2 Å². The molecule has 1 saturated heterocycles. The van der Waals surface area contributed by atoms with E-state index < -0.39 is 0 Å². The lowest BCUT2D eigenvalue weighted by atomic mass is 9.87. The van der Waals surface area contributed by atoms with Crippen LogP contribution in [0.4, 0.5) is 0 Å². The van der Waals surface area contributed by atoms with Crippen LogP contribution in [0.5, 0.6) is 5.88 Å². The van der Waals surface area contributed by atoms with E-state index in [1.165, 1.54) is 12.8 Å². The smallest absolute Gasteiger partial charge is 0.213 e. The summed E-state index contributed by atoms with van der Waals surface area (Å²) < 4.78 is 5.25. The lowest BCUT2D eigenvalue weighted by molar-refractivity contribution is 0.116. The fourth-order valence-electron chi connectivity index (χ4n) is 2.98. The highest BCUT2D eigenvalue weighted by Gasteiger charge is 2.31. The van der Waals surface area contributed by atoms with Gasteiger partial charge in [-0.1, -0.05) is 13.0 Å². The molecule has 106 valence electrons. The Morgan fingerprint density at radius 1 is 1.47 bits per heavy atom. The first-order valence-electron chi connectivity index (χ1n) is 7.18. The number of methoxy groups -OCH3 is 1. The molecule has 0 radical (unpaired) electrons. The Kier molecular flexibility index (Phi) is 5.16. The van der Waals surface area contributed by atoms with Crippen molar-refractivity contribution in [1.29, 1.82) is 0 Å². The second-order valence-corrected chi connectivity index (χ2v) is 5.24. The van der Waals surface area contributed by atoms with Crippen LogP contribution in [-0.4, -0.2) is 43.7 Å². The van der Waals surface area contributed by atoms with Crippen molar-refractivity contribution < 1.29 is 4.74 Å². The summed E-state index contributed by atoms with van der Waals surface area (Å²) in [6.07, 6.45) is 2.54. The normalized spacial score (nSPS) is 24.4. The molecule has 0 aromatic carbocycles. The van der Waals surface area contributed by atoms with E-state index in [0.29, 0.717) is 17.8 Å². The van der Waals surface area contributed by atoms with Gasteiger partial charge in [-0.2, -0.15) is 0 Å². The summed E-state index contributed by atoms with van der Waals surface area (Å²) in [7, 11) is 3.87. The number of hydrogen-bond donors (Lipinski definition) is 1. The van der Waals surface area contributed by atoms with Gasteiger partial charge in [-0.3, -0.25) is 4.90 Å². The van der Waals surface area contributed by atoms with Crippen molar-refractivity contribution in [2.45, 2.75) is 25.8 Å². The van der Waals surface area contributed by atoms with E-state index in [4.69, 9.17) is 4.74 Å². The maximum absolute atomic E-state index is 5.25. The fourth-order valence-corrected chi connectivity index (χ4v) is 2.98. The summed E-state index contributed by atoms with van der Waals surface area (Å²) in [6, 6.07) is 6.45. The van der Waals surface area contributed by atoms with E-state index in [0.717, 1.165) is 25.3 Å². The second-order valence-electron chi connectivity index (χ2n) is 5.24. The monoisotopic (exact) mass is 263 g/mol. The molecule has 4 nitrogen and oxygen atoms in total. The molecule has 1 aliphatic rings. The highest BCUT2D eigenvalue weighted by atomic mass is 16.5. The molecule has 2 atom stereocenters. The third-order valence-electron chi connectivity index (χ3n) is 3.92. The molecule has 2 rings (SSSR count). The Morgan fingerprint density at radius 2 is 2.32 bits per heavy atom. The summed E-state index contributed by atoms with van der Waals surface area (Å²) in [5.74, 6) is 1.33. The number of aromatic nitrogens is 1. The van der Waals surface area contributed by atoms with Gasteiger partial charge in [0.1, 0.15) is 0 Å². The van der Waals surface area contributed by atoms with Crippen molar-refractivity contribution >= 4 is 0 Å². The molecule has 0 aliphatic carbocycles. The Labute approximate surface area is 116 Å². The molecular weight excluding hydrogens is 238 g/mol. The van der Waals surface area contributed by atoms with Crippen LogP contribution < -0.4 is 10.1 Å². The standard InChI is InChI=1S/C15H25N3O/c1-4-16-11-12-7-6-10-18(2)15(12)13-8-5-9-14(17-13)19-3/h5,8-9,12,15-16H,4,6-7,10-11H2,1-3H3. The molecule has 0 spiro atoms. The van der Waals surface area contributed by atoms with E-state index in [1.807, 2.05) is 12.1 Å². The van der Waals surface area contributed by atoms with Crippen molar-refractivity contribution in [3.05, 3.63) is 23.9 Å². The van der Waals surface area contributed by atoms with Crippen molar-refractivity contribution in [3.8, 4) is 5.88 Å². The lowest BCUT2D eigenvalue weighted by Gasteiger charge is -2.39. The van der Waals surface area contributed by atoms with Crippen molar-refractivity contribution in [3.63, 3.8) is 0 Å². The van der Waals surface area contributed by atoms with Gasteiger partial charge in [-0.25, -0.2) is 4.98 Å². The van der Waals surface area contributed by atoms with Crippen LogP contribution in [-0.2, 0) is 0 Å². The van der Waals surface area contributed by atoms with Crippen molar-refractivity contribution in [2.24, 2.45) is 5.92 Å². The molecule has 4 heteroatoms. The van der Waals surface area contributed by atoms with Crippen LogP contribution in [0, 0.1) is 5.92 Å². The number of nitrogens with zero attached hydrogens (tertiary/aromatic N) is 2. The van der Waals surface area contributed by atoms with Crippen molar-refractivity contribution in [2.75, 3.05) is 33.8 Å². The summed E-state index contributed by atoms with van der Waals surface area (Å²) in [4.78, 5) is 7.06. The molecule has 19 heavy (non-hydrogen) atoms. The topological polar surface area (TPSA) is 37.4 Å². The fraction of sp³-hybridized carbons (Fsp3) is 0.667. The molecule has 0 bridgehead atoms. The molecule has 1 fully saturated rings. The van der Waals surface area contributed by atoms with E-state index in [-0.39, 0.29) is 0 Å². The van der Waals surface area contributed by atoms with Gasteiger partial charge in [0.25, 0.3) is 0 Å². The first kappa shape index (κ1) is 14.3. The Hall–Kier alpha value is -1.13. The van der Waals surface area contributed by atoms with Gasteiger partial charge >= 0.3 is 0 Å². The average molecular weight is 263 g/mol. The van der Waals surface area contributed by atoms with Gasteiger partial charge in [-0.05, 0) is 51.5 Å². The summed E-state index contributed by atoms with van der Waals surface area (Å²) in [5.41, 5.74) is 1.13. The number of pyridine rings is 1. The number of nitrogens with one attached hydrogen (secondary N) is 1. The van der Waals surface area contributed by atoms with Crippen LogP contribution in [0.25, 0.3) is 0 Å². The lowest BCUT2D eigenvalue weighted by Crippen LogP contribution is -2.40. The average Bonchev–Trinajstić information content (AvgIpc) is 2.45. The summed E-state index contributed by atoms with van der Waals surface area (Å²) in [5, 5.41) is 3.48. The van der Waals surface area contributed by atoms with Crippen LogP contribution in [0.3, 0.4) is 0 Å². The minimum absolute atomic E-state index is 0.392. The molecule has 0 saturated carbocycles. The molecular formula is C15H25N3O. The zero-order chi connectivity index (χ0) is 13.7. The first-order chi connectivity index (χ1) is 9.26. The van der Waals surface area contributed by atoms with Gasteiger partial charge in [0.2, 0.25) is 5.88 Å². The molecule has 2 heterocycles. The highest BCUT2D eigenvalue weighted by molar-refractivity contribution is 5.19. The molecule has 1 aliphatic heterocycles. The largest absolute Gasteiger partial charge is 0.481 e. The van der Waals surface area contributed by atoms with E-state index in [1.54, 1.807) is 7.11 Å². The van der Waals surface area contributed by atoms with Crippen LogP contribution >= 0.6 is 0 Å². The molecule has 2 unspecified atom stereocenters. The van der Waals surface area contributed by atoms with E-state index >= 15 is 0 Å². The number of ether oxygens (including phenoxy) is 1. The van der Waals surface area contributed by atoms with Crippen LogP contribution in [0.1, 0.15) is 31.5 Å². The highest BCUT2D eigenvalue weighted by Crippen LogP contribution is 2.34. The molecule has 1 aromatic heterocycles. The van der Waals surface area contributed by atoms with Crippen LogP contribution in [0.2, 0.25) is 0 Å². The maximum atomic E-state index is 5.25. The quantitative estimate of drug-likeness (QED) is 0.882. The molecule has 1 aromatic rings. The minimum Gasteiger partial charge on any atom is -0.481 e. The van der Waals surface area contributed by atoms with E-state index in [2.05, 4.69) is 35.2 Å². The van der Waals surface area contributed by atoms with Crippen molar-refractivity contribution in [1.82, 2.24) is 15.2 Å². The number of rotatable bonds is 5. The minimum atomic E-state index is 0.392. The first-order valence-corrected chi connectivity index (χ1v) is 7.18. The number of piperidine rings is 1. The zero-order valence-corrected chi connectivity index (χ0v) is 12.2.